The summed E-state index contributed by atoms with van der Waals surface area (Å²) in [4.78, 5) is 4.26. The zero-order chi connectivity index (χ0) is 13.5. The molecule has 2 aliphatic rings. The topological polar surface area (TPSA) is 24.9 Å². The number of fused-ring (bicyclic) bond motifs is 3. The number of nitrogens with zero attached hydrogens (tertiary/aromatic N) is 1. The van der Waals surface area contributed by atoms with Gasteiger partial charge in [-0.3, -0.25) is 4.98 Å². The number of nitrogens with one attached hydrogen (secondary N) is 1. The Bertz CT molecular complexity index is 666. The van der Waals surface area contributed by atoms with Crippen LogP contribution in [-0.2, 0) is 0 Å². The molecule has 100 valence electrons. The quantitative estimate of drug-likeness (QED) is 0.776. The predicted octanol–water partition coefficient (Wildman–Crippen LogP) is 4.56. The molecule has 3 heteroatoms. The van der Waals surface area contributed by atoms with Gasteiger partial charge in [-0.2, -0.15) is 0 Å². The van der Waals surface area contributed by atoms with Crippen LogP contribution in [0.4, 0.5) is 5.69 Å². The van der Waals surface area contributed by atoms with Gasteiger partial charge in [-0.15, -0.1) is 0 Å². The Hall–Kier alpha value is -1.80. The highest BCUT2D eigenvalue weighted by Gasteiger charge is 2.37. The highest BCUT2D eigenvalue weighted by atomic mass is 35.5. The Morgan fingerprint density at radius 3 is 3.05 bits per heavy atom. The first kappa shape index (κ1) is 12.0. The van der Waals surface area contributed by atoms with Crippen LogP contribution < -0.4 is 5.32 Å². The van der Waals surface area contributed by atoms with Gasteiger partial charge in [0.15, 0.2) is 0 Å². The normalized spacial score (nSPS) is 26.8. The Morgan fingerprint density at radius 2 is 2.20 bits per heavy atom. The number of aromatic nitrogens is 1. The fourth-order valence-electron chi connectivity index (χ4n) is 3.46. The molecule has 0 radical (unpaired) electrons. The lowest BCUT2D eigenvalue weighted by Gasteiger charge is -2.37. The summed E-state index contributed by atoms with van der Waals surface area (Å²) in [6, 6.07) is 10.6. The lowest BCUT2D eigenvalue weighted by molar-refractivity contribution is 0.425. The van der Waals surface area contributed by atoms with Crippen LogP contribution in [0.3, 0.4) is 0 Å². The van der Waals surface area contributed by atoms with E-state index >= 15 is 0 Å². The van der Waals surface area contributed by atoms with Gasteiger partial charge >= 0.3 is 0 Å². The van der Waals surface area contributed by atoms with E-state index in [0.29, 0.717) is 17.9 Å². The molecule has 2 nitrogen and oxygen atoms in total. The van der Waals surface area contributed by atoms with Crippen molar-refractivity contribution in [3.63, 3.8) is 0 Å². The lowest BCUT2D eigenvalue weighted by atomic mass is 9.77. The molecule has 0 bridgehead atoms. The minimum absolute atomic E-state index is 0.317. The van der Waals surface area contributed by atoms with Crippen LogP contribution in [-0.4, -0.2) is 4.98 Å². The van der Waals surface area contributed by atoms with Crippen LogP contribution in [0, 0.1) is 5.92 Å². The van der Waals surface area contributed by atoms with Gasteiger partial charge in [-0.05, 0) is 47.7 Å². The lowest BCUT2D eigenvalue weighted by Crippen LogP contribution is -2.29. The van der Waals surface area contributed by atoms with Crippen LogP contribution in [0.2, 0.25) is 5.02 Å². The molecule has 0 amide bonds. The number of anilines is 1. The molecule has 1 N–H and O–H groups in total. The van der Waals surface area contributed by atoms with Gasteiger partial charge in [0.25, 0.3) is 0 Å². The summed E-state index contributed by atoms with van der Waals surface area (Å²) < 4.78 is 0. The van der Waals surface area contributed by atoms with Gasteiger partial charge in [-0.25, -0.2) is 0 Å². The fourth-order valence-corrected chi connectivity index (χ4v) is 3.64. The second-order valence-corrected chi connectivity index (χ2v) is 5.93. The van der Waals surface area contributed by atoms with Crippen molar-refractivity contribution < 1.29 is 0 Å². The van der Waals surface area contributed by atoms with Crippen molar-refractivity contribution >= 4 is 17.3 Å². The molecule has 0 unspecified atom stereocenters. The maximum Gasteiger partial charge on any atom is 0.0569 e. The summed E-state index contributed by atoms with van der Waals surface area (Å²) in [5, 5.41) is 4.48. The molecule has 3 atom stereocenters. The van der Waals surface area contributed by atoms with Gasteiger partial charge in [0.1, 0.15) is 0 Å². The number of halogens is 1. The van der Waals surface area contributed by atoms with Crippen molar-refractivity contribution in [3.8, 4) is 0 Å². The number of pyridine rings is 1. The third-order valence-electron chi connectivity index (χ3n) is 4.37. The van der Waals surface area contributed by atoms with Crippen LogP contribution in [0.1, 0.15) is 29.5 Å². The molecule has 4 rings (SSSR count). The molecule has 0 spiro atoms. The van der Waals surface area contributed by atoms with E-state index in [1.165, 1.54) is 16.8 Å². The fraction of sp³-hybridized carbons (Fsp3) is 0.235. The van der Waals surface area contributed by atoms with Crippen LogP contribution >= 0.6 is 11.6 Å². The molecule has 20 heavy (non-hydrogen) atoms. The van der Waals surface area contributed by atoms with Gasteiger partial charge in [-0.1, -0.05) is 29.8 Å². The Morgan fingerprint density at radius 1 is 1.25 bits per heavy atom. The van der Waals surface area contributed by atoms with Crippen molar-refractivity contribution in [1.82, 2.24) is 4.98 Å². The van der Waals surface area contributed by atoms with E-state index in [9.17, 15) is 0 Å². The van der Waals surface area contributed by atoms with Crippen molar-refractivity contribution in [2.45, 2.75) is 18.4 Å². The predicted molar refractivity (Wildman–Crippen MR) is 82.0 cm³/mol. The molecule has 2 aromatic rings. The molecule has 2 heterocycles. The van der Waals surface area contributed by atoms with E-state index < -0.39 is 0 Å². The number of benzene rings is 1. The number of rotatable bonds is 1. The van der Waals surface area contributed by atoms with E-state index in [1.807, 2.05) is 24.5 Å². The van der Waals surface area contributed by atoms with Gasteiger partial charge in [0.05, 0.1) is 6.04 Å². The van der Waals surface area contributed by atoms with E-state index in [4.69, 9.17) is 11.6 Å². The maximum atomic E-state index is 6.16. The number of allylic oxidation sites excluding steroid dienone is 2. The molecule has 0 saturated carbocycles. The summed E-state index contributed by atoms with van der Waals surface area (Å²) >= 11 is 6.16. The zero-order valence-corrected chi connectivity index (χ0v) is 11.7. The summed E-state index contributed by atoms with van der Waals surface area (Å²) in [6.07, 6.45) is 9.50. The Labute approximate surface area is 123 Å². The van der Waals surface area contributed by atoms with Gasteiger partial charge in [0.2, 0.25) is 0 Å². The van der Waals surface area contributed by atoms with Crippen molar-refractivity contribution in [2.75, 3.05) is 5.32 Å². The number of hydrogen-bond acceptors (Lipinski definition) is 2. The maximum absolute atomic E-state index is 6.16. The minimum Gasteiger partial charge on any atom is -0.378 e. The molecule has 1 aromatic heterocycles. The minimum atomic E-state index is 0.317. The van der Waals surface area contributed by atoms with Crippen molar-refractivity contribution in [3.05, 3.63) is 71.0 Å². The molecule has 0 saturated heterocycles. The van der Waals surface area contributed by atoms with Gasteiger partial charge < -0.3 is 5.32 Å². The van der Waals surface area contributed by atoms with Crippen LogP contribution in [0.5, 0.6) is 0 Å². The molecular formula is C17H15ClN2. The molecule has 1 aromatic carbocycles. The summed E-state index contributed by atoms with van der Waals surface area (Å²) in [6.45, 7) is 0. The van der Waals surface area contributed by atoms with E-state index in [1.54, 1.807) is 0 Å². The third kappa shape index (κ3) is 1.83. The summed E-state index contributed by atoms with van der Waals surface area (Å²) in [7, 11) is 0. The first-order chi connectivity index (χ1) is 9.83. The van der Waals surface area contributed by atoms with Crippen molar-refractivity contribution in [1.29, 1.82) is 0 Å². The van der Waals surface area contributed by atoms with E-state index in [-0.39, 0.29) is 0 Å². The monoisotopic (exact) mass is 282 g/mol. The van der Waals surface area contributed by atoms with Gasteiger partial charge in [0, 0.05) is 29.0 Å². The average molecular weight is 283 g/mol. The number of hydrogen-bond donors (Lipinski definition) is 1. The Balaban J connectivity index is 1.80. The Kier molecular flexibility index (Phi) is 2.78. The highest BCUT2D eigenvalue weighted by molar-refractivity contribution is 6.30. The van der Waals surface area contributed by atoms with E-state index in [0.717, 1.165) is 11.4 Å². The van der Waals surface area contributed by atoms with Crippen LogP contribution in [0.15, 0.2) is 54.9 Å². The molecule has 1 aliphatic carbocycles. The average Bonchev–Trinajstić information content (AvgIpc) is 2.97. The first-order valence-electron chi connectivity index (χ1n) is 6.95. The second-order valence-electron chi connectivity index (χ2n) is 5.49. The molecule has 1 aliphatic heterocycles. The standard InChI is InChI=1S/C17H15ClN2/c18-12-6-7-16-15(9-12)13-4-1-5-14(13)17(20-16)11-3-2-8-19-10-11/h1-4,6-10,13-14,17,20H,5H2/t13-,14+,17+/m0/s1. The van der Waals surface area contributed by atoms with E-state index in [2.05, 4.69) is 40.7 Å². The summed E-state index contributed by atoms with van der Waals surface area (Å²) in [5.41, 5.74) is 3.76. The largest absolute Gasteiger partial charge is 0.378 e. The smallest absolute Gasteiger partial charge is 0.0569 e. The first-order valence-corrected chi connectivity index (χ1v) is 7.33. The second kappa shape index (κ2) is 4.64. The van der Waals surface area contributed by atoms with Crippen molar-refractivity contribution in [2.24, 2.45) is 5.92 Å². The summed E-state index contributed by atoms with van der Waals surface area (Å²) in [5.74, 6) is 1.00. The zero-order valence-electron chi connectivity index (χ0n) is 11.0. The SMILES string of the molecule is Clc1ccc2c(c1)[C@H]1C=CC[C@H]1[C@@H](c1cccnc1)N2. The van der Waals surface area contributed by atoms with Crippen LogP contribution in [0.25, 0.3) is 0 Å². The third-order valence-corrected chi connectivity index (χ3v) is 4.60. The molecule has 0 fully saturated rings. The molecular weight excluding hydrogens is 268 g/mol. The highest BCUT2D eigenvalue weighted by Crippen LogP contribution is 2.50.